The molecule has 2 saturated heterocycles. The molecule has 208 valence electrons. The van der Waals surface area contributed by atoms with Crippen molar-refractivity contribution in [2.45, 2.75) is 44.2 Å². The van der Waals surface area contributed by atoms with Gasteiger partial charge in [0.25, 0.3) is 0 Å². The zero-order valence-corrected chi connectivity index (χ0v) is 21.6. The molecule has 2 aromatic heterocycles. The molecule has 0 bridgehead atoms. The number of carboxylic acid groups (broad SMARTS) is 1. The predicted molar refractivity (Wildman–Crippen MR) is 134 cm³/mol. The number of carbonyl (C=O) groups is 2. The monoisotopic (exact) mass is 562 g/mol. The minimum atomic E-state index is -4.20. The quantitative estimate of drug-likeness (QED) is 0.263. The number of carbonyl (C=O) groups excluding carboxylic acids is 1. The van der Waals surface area contributed by atoms with Gasteiger partial charge in [-0.05, 0) is 6.92 Å². The van der Waals surface area contributed by atoms with Gasteiger partial charge in [0, 0.05) is 12.1 Å². The van der Waals surface area contributed by atoms with Gasteiger partial charge in [0.05, 0.1) is 25.5 Å². The standard InChI is InChI=1S/C23H27N6O9P/c1-2-24-23(32)28-19-16-20(26-11-25-19)29(12-27-16)21-18-17(37-22(38-18)13-6-4-3-5-7-13)14(36-21)10-35-39(33,34)9-8-15(30)31/h3-7,11-12,14,17-18,21-22H,2,8-10H2,1H3,(H,30,31)(H,33,34)(H2,24,25,26,28,32)/t14-,17+,18+,21-,22+/m1/s1. The molecule has 2 fully saturated rings. The van der Waals surface area contributed by atoms with Crippen molar-refractivity contribution in [1.29, 1.82) is 0 Å². The molecule has 0 spiro atoms. The van der Waals surface area contributed by atoms with Crippen LogP contribution in [0.4, 0.5) is 10.6 Å². The number of carboxylic acids is 1. The molecule has 15 nitrogen and oxygen atoms in total. The highest BCUT2D eigenvalue weighted by atomic mass is 31.2. The van der Waals surface area contributed by atoms with E-state index in [9.17, 15) is 19.0 Å². The van der Waals surface area contributed by atoms with Crippen LogP contribution in [-0.4, -0.2) is 79.1 Å². The predicted octanol–water partition coefficient (Wildman–Crippen LogP) is 2.02. The number of urea groups is 1. The molecule has 0 aliphatic carbocycles. The van der Waals surface area contributed by atoms with E-state index in [0.29, 0.717) is 17.7 Å². The van der Waals surface area contributed by atoms with Crippen molar-refractivity contribution in [2.24, 2.45) is 0 Å². The van der Waals surface area contributed by atoms with Crippen LogP contribution < -0.4 is 10.6 Å². The summed E-state index contributed by atoms with van der Waals surface area (Å²) in [4.78, 5) is 45.8. The van der Waals surface area contributed by atoms with Crippen molar-refractivity contribution in [3.63, 3.8) is 0 Å². The molecular formula is C23H27N6O9P. The molecule has 0 saturated carbocycles. The van der Waals surface area contributed by atoms with E-state index in [1.165, 1.54) is 12.7 Å². The first-order valence-corrected chi connectivity index (χ1v) is 13.9. The largest absolute Gasteiger partial charge is 0.481 e. The van der Waals surface area contributed by atoms with Crippen LogP contribution in [0.15, 0.2) is 43.0 Å². The number of nitrogens with one attached hydrogen (secondary N) is 2. The fraction of sp³-hybridized carbons (Fsp3) is 0.435. The van der Waals surface area contributed by atoms with Crippen molar-refractivity contribution < 1.29 is 42.9 Å². The van der Waals surface area contributed by atoms with E-state index in [2.05, 4.69) is 25.6 Å². The van der Waals surface area contributed by atoms with Gasteiger partial charge in [-0.15, -0.1) is 0 Å². The number of nitrogens with zero attached hydrogens (tertiary/aromatic N) is 4. The number of imidazole rings is 1. The molecule has 16 heteroatoms. The van der Waals surface area contributed by atoms with Gasteiger partial charge in [-0.1, -0.05) is 30.3 Å². The molecule has 5 rings (SSSR count). The zero-order chi connectivity index (χ0) is 27.6. The summed E-state index contributed by atoms with van der Waals surface area (Å²) in [6, 6.07) is 8.80. The maximum absolute atomic E-state index is 12.4. The van der Waals surface area contributed by atoms with Crippen LogP contribution in [-0.2, 0) is 28.1 Å². The number of ether oxygens (including phenoxy) is 3. The number of aromatic nitrogens is 4. The minimum Gasteiger partial charge on any atom is -0.481 e. The third kappa shape index (κ3) is 5.93. The summed E-state index contributed by atoms with van der Waals surface area (Å²) in [5.74, 6) is -1.01. The van der Waals surface area contributed by atoms with E-state index in [4.69, 9.17) is 23.8 Å². The Hall–Kier alpha value is -3.46. The molecule has 1 aromatic carbocycles. The maximum Gasteiger partial charge on any atom is 0.328 e. The Bertz CT molecular complexity index is 1390. The summed E-state index contributed by atoms with van der Waals surface area (Å²) in [6.07, 6.45) is -2.10. The van der Waals surface area contributed by atoms with Gasteiger partial charge < -0.3 is 34.1 Å². The normalized spacial score (nSPS) is 25.7. The summed E-state index contributed by atoms with van der Waals surface area (Å²) >= 11 is 0. The van der Waals surface area contributed by atoms with Gasteiger partial charge in [0.1, 0.15) is 24.6 Å². The van der Waals surface area contributed by atoms with Crippen LogP contribution in [0.5, 0.6) is 0 Å². The fourth-order valence-electron chi connectivity index (χ4n) is 4.39. The lowest BCUT2D eigenvalue weighted by atomic mass is 10.1. The average Bonchev–Trinajstić information content (AvgIpc) is 3.62. The van der Waals surface area contributed by atoms with Crippen molar-refractivity contribution in [2.75, 3.05) is 24.6 Å². The second-order valence-electron chi connectivity index (χ2n) is 8.84. The Balaban J connectivity index is 1.41. The summed E-state index contributed by atoms with van der Waals surface area (Å²) in [6.45, 7) is 1.86. The van der Waals surface area contributed by atoms with Crippen molar-refractivity contribution in [3.05, 3.63) is 48.5 Å². The number of amides is 2. The van der Waals surface area contributed by atoms with Crippen molar-refractivity contribution in [1.82, 2.24) is 24.8 Å². The van der Waals surface area contributed by atoms with Crippen LogP contribution in [0.1, 0.15) is 31.4 Å². The topological polar surface area (TPSA) is 196 Å². The summed E-state index contributed by atoms with van der Waals surface area (Å²) < 4.78 is 37.8. The summed E-state index contributed by atoms with van der Waals surface area (Å²) in [5, 5.41) is 14.1. The first-order valence-electron chi connectivity index (χ1n) is 12.2. The Morgan fingerprint density at radius 2 is 1.90 bits per heavy atom. The van der Waals surface area contributed by atoms with Gasteiger partial charge in [-0.3, -0.25) is 19.2 Å². The molecule has 6 atom stereocenters. The van der Waals surface area contributed by atoms with Crippen molar-refractivity contribution in [3.8, 4) is 0 Å². The Morgan fingerprint density at radius 1 is 1.13 bits per heavy atom. The molecule has 0 radical (unpaired) electrons. The third-order valence-corrected chi connectivity index (χ3v) is 7.51. The third-order valence-electron chi connectivity index (χ3n) is 6.17. The molecule has 1 unspecified atom stereocenters. The number of benzene rings is 1. The average molecular weight is 562 g/mol. The highest BCUT2D eigenvalue weighted by Crippen LogP contribution is 2.48. The highest BCUT2D eigenvalue weighted by Gasteiger charge is 2.54. The lowest BCUT2D eigenvalue weighted by molar-refractivity contribution is -0.152. The molecule has 2 aliphatic heterocycles. The van der Waals surface area contributed by atoms with E-state index in [1.54, 1.807) is 11.5 Å². The SMILES string of the molecule is CCNC(=O)Nc1ncnc2c1ncn2[C@@H]1O[C@H](COP(=O)(O)CCC(=O)O)[C@@H]2O[C@H](c3ccccc3)O[C@@H]21. The van der Waals surface area contributed by atoms with Crippen LogP contribution in [0, 0.1) is 0 Å². The van der Waals surface area contributed by atoms with Gasteiger partial charge in [-0.2, -0.15) is 0 Å². The number of hydrogen-bond acceptors (Lipinski definition) is 10. The molecular weight excluding hydrogens is 535 g/mol. The lowest BCUT2D eigenvalue weighted by Crippen LogP contribution is -2.31. The molecule has 2 amide bonds. The lowest BCUT2D eigenvalue weighted by Gasteiger charge is -2.22. The van der Waals surface area contributed by atoms with Gasteiger partial charge in [0.15, 0.2) is 29.5 Å². The first-order chi connectivity index (χ1) is 18.8. The minimum absolute atomic E-state index is 0.199. The van der Waals surface area contributed by atoms with E-state index >= 15 is 0 Å². The van der Waals surface area contributed by atoms with Crippen molar-refractivity contribution >= 4 is 36.6 Å². The zero-order valence-electron chi connectivity index (χ0n) is 20.7. The van der Waals surface area contributed by atoms with E-state index < -0.39 is 63.0 Å². The first kappa shape index (κ1) is 27.1. The van der Waals surface area contributed by atoms with E-state index in [0.717, 1.165) is 5.56 Å². The Kier molecular flexibility index (Phi) is 7.88. The Labute approximate surface area is 222 Å². The van der Waals surface area contributed by atoms with Gasteiger partial charge in [0.2, 0.25) is 0 Å². The number of anilines is 1. The maximum atomic E-state index is 12.4. The molecule has 39 heavy (non-hydrogen) atoms. The summed E-state index contributed by atoms with van der Waals surface area (Å²) in [5.41, 5.74) is 1.43. The van der Waals surface area contributed by atoms with E-state index in [-0.39, 0.29) is 12.4 Å². The summed E-state index contributed by atoms with van der Waals surface area (Å²) in [7, 11) is -4.20. The van der Waals surface area contributed by atoms with Crippen LogP contribution >= 0.6 is 7.60 Å². The number of aliphatic carboxylic acids is 1. The Morgan fingerprint density at radius 3 is 2.64 bits per heavy atom. The number of fused-ring (bicyclic) bond motifs is 2. The molecule has 4 heterocycles. The second kappa shape index (κ2) is 11.3. The number of hydrogen-bond donors (Lipinski definition) is 4. The van der Waals surface area contributed by atoms with Gasteiger partial charge in [-0.25, -0.2) is 19.7 Å². The van der Waals surface area contributed by atoms with Gasteiger partial charge >= 0.3 is 19.6 Å². The molecule has 3 aromatic rings. The van der Waals surface area contributed by atoms with Crippen LogP contribution in [0.3, 0.4) is 0 Å². The van der Waals surface area contributed by atoms with E-state index in [1.807, 2.05) is 30.3 Å². The highest BCUT2D eigenvalue weighted by molar-refractivity contribution is 7.52. The van der Waals surface area contributed by atoms with Crippen LogP contribution in [0.2, 0.25) is 0 Å². The smallest absolute Gasteiger partial charge is 0.328 e. The molecule has 2 aliphatic rings. The fourth-order valence-corrected chi connectivity index (χ4v) is 5.38. The second-order valence-corrected chi connectivity index (χ2v) is 10.8. The number of rotatable bonds is 10. The molecule has 4 N–H and O–H groups in total. The van der Waals surface area contributed by atoms with Crippen LogP contribution in [0.25, 0.3) is 11.2 Å².